The molecule has 23 heavy (non-hydrogen) atoms. The Balaban J connectivity index is 2.20. The Morgan fingerprint density at radius 1 is 1.52 bits per heavy atom. The van der Waals surface area contributed by atoms with Gasteiger partial charge in [0, 0.05) is 12.3 Å². The number of aliphatic hydroxyl groups excluding tert-OH is 2. The van der Waals surface area contributed by atoms with Crippen LogP contribution in [-0.2, 0) is 18.6 Å². The number of amides is 1. The Kier molecular flexibility index (Phi) is 5.34. The van der Waals surface area contributed by atoms with Crippen LogP contribution in [0.15, 0.2) is 12.3 Å². The van der Waals surface area contributed by atoms with Crippen molar-refractivity contribution < 1.29 is 43.0 Å². The second-order valence-electron chi connectivity index (χ2n) is 5.01. The van der Waals surface area contributed by atoms with E-state index >= 15 is 0 Å². The quantitative estimate of drug-likeness (QED) is 0.281. The summed E-state index contributed by atoms with van der Waals surface area (Å²) < 4.78 is 34.7. The molecule has 0 aromatic heterocycles. The van der Waals surface area contributed by atoms with Gasteiger partial charge in [-0.1, -0.05) is 0 Å². The van der Waals surface area contributed by atoms with Crippen molar-refractivity contribution >= 4 is 25.3 Å². The fourth-order valence-electron chi connectivity index (χ4n) is 2.22. The van der Waals surface area contributed by atoms with Gasteiger partial charge in [0.05, 0.1) is 12.5 Å². The molecule has 13 heteroatoms. The van der Waals surface area contributed by atoms with Crippen LogP contribution in [0.25, 0.3) is 0 Å². The van der Waals surface area contributed by atoms with Gasteiger partial charge in [-0.15, -0.1) is 11.6 Å². The Bertz CT molecular complexity index is 547. The lowest BCUT2D eigenvalue weighted by Gasteiger charge is -2.35. The number of aliphatic hydroxyl groups is 2. The summed E-state index contributed by atoms with van der Waals surface area (Å²) in [5.41, 5.74) is -1.94. The first-order chi connectivity index (χ1) is 10.6. The van der Waals surface area contributed by atoms with Crippen molar-refractivity contribution in [2.75, 3.05) is 12.5 Å². The molecule has 0 aromatic carbocycles. The number of carbonyl (C=O) groups excluding carboxylic acids is 1. The number of rotatable bonds is 5. The van der Waals surface area contributed by atoms with E-state index in [2.05, 4.69) is 9.84 Å². The maximum atomic E-state index is 14.4. The van der Waals surface area contributed by atoms with Crippen LogP contribution in [0.4, 0.5) is 4.39 Å². The van der Waals surface area contributed by atoms with Crippen molar-refractivity contribution in [1.29, 1.82) is 0 Å². The van der Waals surface area contributed by atoms with Crippen molar-refractivity contribution in [3.8, 4) is 0 Å². The number of hydrogen-bond acceptors (Lipinski definition) is 7. The molecular weight excluding hydrogens is 362 g/mol. The third-order valence-electron chi connectivity index (χ3n) is 3.42. The number of nitrogens with zero attached hydrogens (tertiary/aromatic N) is 1. The van der Waals surface area contributed by atoms with Crippen LogP contribution < -0.4 is 5.32 Å². The standard InChI is InChI=1S/C10H15ClFN2O8P/c11-3-10(4-21-23(18,19)20)7(16)6(12)8(22-10)14-2-1-5(15)13-9(14)17/h1-2,6-9,16-17H,3-4H2,(H,13,15)(H2,18,19,20)/t6-,7+,8-,9?,10-/m1/s1. The largest absolute Gasteiger partial charge is 0.469 e. The highest BCUT2D eigenvalue weighted by molar-refractivity contribution is 7.46. The van der Waals surface area contributed by atoms with Crippen molar-refractivity contribution in [1.82, 2.24) is 10.2 Å². The monoisotopic (exact) mass is 376 g/mol. The van der Waals surface area contributed by atoms with Gasteiger partial charge in [0.15, 0.2) is 12.4 Å². The van der Waals surface area contributed by atoms with E-state index in [-0.39, 0.29) is 0 Å². The Morgan fingerprint density at radius 2 is 2.17 bits per heavy atom. The smallest absolute Gasteiger partial charge is 0.387 e. The molecule has 0 aromatic rings. The third-order valence-corrected chi connectivity index (χ3v) is 4.34. The lowest BCUT2D eigenvalue weighted by Crippen LogP contribution is -2.54. The fraction of sp³-hybridized carbons (Fsp3) is 0.700. The van der Waals surface area contributed by atoms with E-state index in [0.717, 1.165) is 17.2 Å². The number of alkyl halides is 2. The van der Waals surface area contributed by atoms with Crippen LogP contribution in [-0.4, -0.2) is 73.8 Å². The molecule has 1 unspecified atom stereocenters. The van der Waals surface area contributed by atoms with E-state index in [1.807, 2.05) is 0 Å². The summed E-state index contributed by atoms with van der Waals surface area (Å²) in [5.74, 6) is -1.15. The molecule has 2 heterocycles. The van der Waals surface area contributed by atoms with Crippen LogP contribution in [0.3, 0.4) is 0 Å². The van der Waals surface area contributed by atoms with Crippen LogP contribution in [0.1, 0.15) is 0 Å². The van der Waals surface area contributed by atoms with Crippen LogP contribution in [0.5, 0.6) is 0 Å². The molecule has 2 rings (SSSR count). The minimum absolute atomic E-state index is 0.537. The highest BCUT2D eigenvalue weighted by Gasteiger charge is 2.58. The Hall–Kier alpha value is -0.780. The van der Waals surface area contributed by atoms with Gasteiger partial charge in [0.1, 0.15) is 11.7 Å². The summed E-state index contributed by atoms with van der Waals surface area (Å²) >= 11 is 5.66. The van der Waals surface area contributed by atoms with Crippen molar-refractivity contribution in [3.05, 3.63) is 12.3 Å². The molecule has 0 aliphatic carbocycles. The summed E-state index contributed by atoms with van der Waals surface area (Å²) in [5, 5.41) is 21.8. The Labute approximate surface area is 134 Å². The number of halogens is 2. The lowest BCUT2D eigenvalue weighted by atomic mass is 9.99. The zero-order valence-corrected chi connectivity index (χ0v) is 13.1. The summed E-state index contributed by atoms with van der Waals surface area (Å²) in [6.07, 6.45) is -5.09. The summed E-state index contributed by atoms with van der Waals surface area (Å²) in [7, 11) is -4.90. The number of ether oxygens (including phenoxy) is 1. The first-order valence-corrected chi connectivity index (χ1v) is 8.36. The van der Waals surface area contributed by atoms with Gasteiger partial charge in [0.25, 0.3) is 0 Å². The third kappa shape index (κ3) is 3.83. The average molecular weight is 377 g/mol. The van der Waals surface area contributed by atoms with Gasteiger partial charge >= 0.3 is 7.82 Å². The number of carbonyl (C=O) groups is 1. The molecule has 1 amide bonds. The topological polar surface area (TPSA) is 149 Å². The summed E-state index contributed by atoms with van der Waals surface area (Å²) in [4.78, 5) is 29.4. The van der Waals surface area contributed by atoms with Gasteiger partial charge < -0.3 is 35.0 Å². The normalized spacial score (nSPS) is 38.0. The second kappa shape index (κ2) is 6.61. The highest BCUT2D eigenvalue weighted by atomic mass is 35.5. The average Bonchev–Trinajstić information content (AvgIpc) is 2.70. The van der Waals surface area contributed by atoms with Gasteiger partial charge in [-0.05, 0) is 0 Å². The minimum atomic E-state index is -4.90. The highest BCUT2D eigenvalue weighted by Crippen LogP contribution is 2.42. The SMILES string of the molecule is O=C1C=CN([C@@H]2O[C@](CCl)(COP(=O)(O)O)[C@@H](O)[C@H]2F)C(O)N1. The molecule has 5 N–H and O–H groups in total. The van der Waals surface area contributed by atoms with E-state index in [0.29, 0.717) is 0 Å². The van der Waals surface area contributed by atoms with Crippen LogP contribution >= 0.6 is 19.4 Å². The molecular formula is C10H15ClFN2O8P. The number of nitrogens with one attached hydrogen (secondary N) is 1. The molecule has 10 nitrogen and oxygen atoms in total. The van der Waals surface area contributed by atoms with Gasteiger partial charge in [0.2, 0.25) is 12.3 Å². The first kappa shape index (κ1) is 18.6. The van der Waals surface area contributed by atoms with E-state index in [1.54, 1.807) is 0 Å². The zero-order chi connectivity index (χ0) is 17.4. The van der Waals surface area contributed by atoms with Gasteiger partial charge in [-0.3, -0.25) is 9.32 Å². The maximum Gasteiger partial charge on any atom is 0.469 e. The predicted octanol–water partition coefficient (Wildman–Crippen LogP) is -1.65. The summed E-state index contributed by atoms with van der Waals surface area (Å²) in [6, 6.07) is 0. The van der Waals surface area contributed by atoms with E-state index in [9.17, 15) is 24.0 Å². The molecule has 0 radical (unpaired) electrons. The molecule has 1 saturated heterocycles. The first-order valence-electron chi connectivity index (χ1n) is 6.30. The lowest BCUT2D eigenvalue weighted by molar-refractivity contribution is -0.166. The second-order valence-corrected chi connectivity index (χ2v) is 6.51. The van der Waals surface area contributed by atoms with E-state index in [4.69, 9.17) is 26.1 Å². The molecule has 5 atom stereocenters. The number of phosphoric acid groups is 1. The molecule has 1 fully saturated rings. The molecule has 0 saturated carbocycles. The Morgan fingerprint density at radius 3 is 2.70 bits per heavy atom. The molecule has 132 valence electrons. The fourth-order valence-corrected chi connectivity index (χ4v) is 2.90. The van der Waals surface area contributed by atoms with Gasteiger partial charge in [-0.2, -0.15) is 0 Å². The van der Waals surface area contributed by atoms with E-state index < -0.39 is 56.7 Å². The van der Waals surface area contributed by atoms with Gasteiger partial charge in [-0.25, -0.2) is 8.96 Å². The van der Waals surface area contributed by atoms with Crippen LogP contribution in [0, 0.1) is 0 Å². The molecule has 2 aliphatic rings. The molecule has 0 spiro atoms. The van der Waals surface area contributed by atoms with E-state index in [1.165, 1.54) is 0 Å². The van der Waals surface area contributed by atoms with Crippen molar-refractivity contribution in [2.45, 2.75) is 30.5 Å². The zero-order valence-electron chi connectivity index (χ0n) is 11.5. The minimum Gasteiger partial charge on any atom is -0.387 e. The number of phosphoric ester groups is 1. The predicted molar refractivity (Wildman–Crippen MR) is 72.4 cm³/mol. The number of hydrogen-bond donors (Lipinski definition) is 5. The van der Waals surface area contributed by atoms with Crippen molar-refractivity contribution in [3.63, 3.8) is 0 Å². The maximum absolute atomic E-state index is 14.4. The molecule has 0 bridgehead atoms. The summed E-state index contributed by atoms with van der Waals surface area (Å²) in [6.45, 7) is -0.876. The van der Waals surface area contributed by atoms with Crippen molar-refractivity contribution in [2.24, 2.45) is 0 Å². The molecule has 2 aliphatic heterocycles. The van der Waals surface area contributed by atoms with Crippen LogP contribution in [0.2, 0.25) is 0 Å².